The van der Waals surface area contributed by atoms with Crippen molar-refractivity contribution in [3.8, 4) is 5.75 Å². The van der Waals surface area contributed by atoms with Gasteiger partial charge in [0, 0.05) is 5.69 Å². The van der Waals surface area contributed by atoms with Crippen LogP contribution in [-0.4, -0.2) is 11.0 Å². The molecule has 4 heteroatoms. The maximum Gasteiger partial charge on any atom is 0.258 e. The lowest BCUT2D eigenvalue weighted by molar-refractivity contribution is 0.102. The fourth-order valence-corrected chi connectivity index (χ4v) is 1.56. The van der Waals surface area contributed by atoms with Crippen molar-refractivity contribution in [2.24, 2.45) is 0 Å². The molecule has 0 aliphatic rings. The summed E-state index contributed by atoms with van der Waals surface area (Å²) in [6.45, 7) is 1.79. The lowest BCUT2D eigenvalue weighted by atomic mass is 10.1. The Bertz CT molecular complexity index is 579. The first-order valence-electron chi connectivity index (χ1n) is 5.43. The molecule has 3 nitrogen and oxygen atoms in total. The Morgan fingerprint density at radius 1 is 1.17 bits per heavy atom. The van der Waals surface area contributed by atoms with Crippen LogP contribution in [0.2, 0.25) is 0 Å². The SMILES string of the molecule is Cc1ccc(F)c(C(=O)Nc2ccc(O)cc2)c1. The maximum atomic E-state index is 13.5. The van der Waals surface area contributed by atoms with E-state index < -0.39 is 11.7 Å². The van der Waals surface area contributed by atoms with E-state index in [1.54, 1.807) is 25.1 Å². The Hall–Kier alpha value is -2.36. The first-order chi connectivity index (χ1) is 8.56. The Kier molecular flexibility index (Phi) is 3.28. The highest BCUT2D eigenvalue weighted by atomic mass is 19.1. The van der Waals surface area contributed by atoms with Gasteiger partial charge in [0.05, 0.1) is 5.56 Å². The van der Waals surface area contributed by atoms with Crippen LogP contribution < -0.4 is 5.32 Å². The molecule has 0 aliphatic heterocycles. The number of hydrogen-bond acceptors (Lipinski definition) is 2. The minimum Gasteiger partial charge on any atom is -0.508 e. The molecule has 0 radical (unpaired) electrons. The minimum absolute atomic E-state index is 0.00285. The summed E-state index contributed by atoms with van der Waals surface area (Å²) in [5.41, 5.74) is 1.31. The number of carbonyl (C=O) groups excluding carboxylic acids is 1. The molecule has 2 N–H and O–H groups in total. The molecule has 92 valence electrons. The molecule has 2 aromatic rings. The zero-order valence-electron chi connectivity index (χ0n) is 9.77. The van der Waals surface area contributed by atoms with Gasteiger partial charge in [-0.2, -0.15) is 0 Å². The van der Waals surface area contributed by atoms with Gasteiger partial charge in [0.15, 0.2) is 0 Å². The van der Waals surface area contributed by atoms with Crippen LogP contribution >= 0.6 is 0 Å². The van der Waals surface area contributed by atoms with E-state index in [9.17, 15) is 9.18 Å². The average molecular weight is 245 g/mol. The molecule has 18 heavy (non-hydrogen) atoms. The highest BCUT2D eigenvalue weighted by Gasteiger charge is 2.11. The molecule has 1 amide bonds. The predicted octanol–water partition coefficient (Wildman–Crippen LogP) is 3.09. The van der Waals surface area contributed by atoms with E-state index in [1.165, 1.54) is 24.3 Å². The molecule has 0 heterocycles. The van der Waals surface area contributed by atoms with Crippen LogP contribution in [0, 0.1) is 12.7 Å². The van der Waals surface area contributed by atoms with Gasteiger partial charge in [-0.05, 0) is 43.3 Å². The molecular formula is C14H12FNO2. The number of halogens is 1. The molecule has 2 aromatic carbocycles. The van der Waals surface area contributed by atoms with Gasteiger partial charge < -0.3 is 10.4 Å². The second-order valence-corrected chi connectivity index (χ2v) is 3.98. The Morgan fingerprint density at radius 3 is 2.50 bits per heavy atom. The summed E-state index contributed by atoms with van der Waals surface area (Å²) in [4.78, 5) is 11.9. The summed E-state index contributed by atoms with van der Waals surface area (Å²) in [5.74, 6) is -0.964. The van der Waals surface area contributed by atoms with Gasteiger partial charge >= 0.3 is 0 Å². The number of rotatable bonds is 2. The molecule has 2 rings (SSSR count). The summed E-state index contributed by atoms with van der Waals surface area (Å²) < 4.78 is 13.5. The van der Waals surface area contributed by atoms with Crippen molar-refractivity contribution >= 4 is 11.6 Å². The van der Waals surface area contributed by atoms with Gasteiger partial charge in [0.25, 0.3) is 5.91 Å². The van der Waals surface area contributed by atoms with Crippen LogP contribution in [0.5, 0.6) is 5.75 Å². The third kappa shape index (κ3) is 2.66. The molecule has 0 saturated heterocycles. The van der Waals surface area contributed by atoms with Crippen LogP contribution in [-0.2, 0) is 0 Å². The maximum absolute atomic E-state index is 13.5. The molecule has 0 spiro atoms. The number of benzene rings is 2. The fraction of sp³-hybridized carbons (Fsp3) is 0.0714. The van der Waals surface area contributed by atoms with Crippen LogP contribution in [0.15, 0.2) is 42.5 Å². The third-order valence-electron chi connectivity index (χ3n) is 2.49. The lowest BCUT2D eigenvalue weighted by Gasteiger charge is -2.07. The number of aryl methyl sites for hydroxylation is 1. The summed E-state index contributed by atoms with van der Waals surface area (Å²) in [7, 11) is 0. The predicted molar refractivity (Wildman–Crippen MR) is 67.2 cm³/mol. The van der Waals surface area contributed by atoms with Crippen molar-refractivity contribution in [3.63, 3.8) is 0 Å². The molecule has 0 bridgehead atoms. The molecule has 0 aromatic heterocycles. The number of carbonyl (C=O) groups is 1. The molecule has 0 fully saturated rings. The van der Waals surface area contributed by atoms with Crippen LogP contribution in [0.25, 0.3) is 0 Å². The summed E-state index contributed by atoms with van der Waals surface area (Å²) in [6, 6.07) is 10.3. The average Bonchev–Trinajstić information content (AvgIpc) is 2.35. The van der Waals surface area contributed by atoms with Crippen molar-refractivity contribution in [3.05, 3.63) is 59.4 Å². The standard InChI is InChI=1S/C14H12FNO2/c1-9-2-7-13(15)12(8-9)14(18)16-10-3-5-11(17)6-4-10/h2-8,17H,1H3,(H,16,18). The molecule has 0 atom stereocenters. The molecule has 0 unspecified atom stereocenters. The topological polar surface area (TPSA) is 49.3 Å². The second kappa shape index (κ2) is 4.87. The largest absolute Gasteiger partial charge is 0.508 e. The molecule has 0 aliphatic carbocycles. The third-order valence-corrected chi connectivity index (χ3v) is 2.49. The van der Waals surface area contributed by atoms with Crippen molar-refractivity contribution in [1.82, 2.24) is 0 Å². The highest BCUT2D eigenvalue weighted by Crippen LogP contribution is 2.16. The van der Waals surface area contributed by atoms with Crippen LogP contribution in [0.1, 0.15) is 15.9 Å². The van der Waals surface area contributed by atoms with Gasteiger partial charge in [0.2, 0.25) is 0 Å². The first-order valence-corrected chi connectivity index (χ1v) is 5.43. The van der Waals surface area contributed by atoms with Crippen molar-refractivity contribution < 1.29 is 14.3 Å². The van der Waals surface area contributed by atoms with Gasteiger partial charge in [0.1, 0.15) is 11.6 Å². The Morgan fingerprint density at radius 2 is 1.83 bits per heavy atom. The van der Waals surface area contributed by atoms with Crippen molar-refractivity contribution in [2.45, 2.75) is 6.92 Å². The van der Waals surface area contributed by atoms with E-state index >= 15 is 0 Å². The Balaban J connectivity index is 2.21. The zero-order valence-corrected chi connectivity index (χ0v) is 9.77. The fourth-order valence-electron chi connectivity index (χ4n) is 1.56. The lowest BCUT2D eigenvalue weighted by Crippen LogP contribution is -2.13. The summed E-state index contributed by atoms with van der Waals surface area (Å²) in [5, 5.41) is 11.7. The summed E-state index contributed by atoms with van der Waals surface area (Å²) >= 11 is 0. The number of phenolic OH excluding ortho intramolecular Hbond substituents is 1. The smallest absolute Gasteiger partial charge is 0.258 e. The van der Waals surface area contributed by atoms with Gasteiger partial charge in [-0.3, -0.25) is 4.79 Å². The van der Waals surface area contributed by atoms with Crippen LogP contribution in [0.3, 0.4) is 0 Å². The summed E-state index contributed by atoms with van der Waals surface area (Å²) in [6.07, 6.45) is 0. The van der Waals surface area contributed by atoms with E-state index in [0.717, 1.165) is 5.56 Å². The second-order valence-electron chi connectivity index (χ2n) is 3.98. The zero-order chi connectivity index (χ0) is 13.1. The molecule has 0 saturated carbocycles. The van der Waals surface area contributed by atoms with Crippen molar-refractivity contribution in [2.75, 3.05) is 5.32 Å². The normalized spacial score (nSPS) is 10.1. The number of aromatic hydroxyl groups is 1. The number of phenols is 1. The van der Waals surface area contributed by atoms with Gasteiger partial charge in [-0.1, -0.05) is 11.6 Å². The molecular weight excluding hydrogens is 233 g/mol. The van der Waals surface area contributed by atoms with Crippen LogP contribution in [0.4, 0.5) is 10.1 Å². The number of nitrogens with one attached hydrogen (secondary N) is 1. The van der Waals surface area contributed by atoms with Crippen molar-refractivity contribution in [1.29, 1.82) is 0 Å². The van der Waals surface area contributed by atoms with E-state index in [4.69, 9.17) is 5.11 Å². The van der Waals surface area contributed by atoms with Gasteiger partial charge in [-0.25, -0.2) is 4.39 Å². The number of hydrogen-bond donors (Lipinski definition) is 2. The monoisotopic (exact) mass is 245 g/mol. The van der Waals surface area contributed by atoms with Gasteiger partial charge in [-0.15, -0.1) is 0 Å². The van der Waals surface area contributed by atoms with E-state index in [0.29, 0.717) is 5.69 Å². The van der Waals surface area contributed by atoms with E-state index in [-0.39, 0.29) is 11.3 Å². The minimum atomic E-state index is -0.558. The van der Waals surface area contributed by atoms with E-state index in [1.807, 2.05) is 0 Å². The quantitative estimate of drug-likeness (QED) is 0.799. The highest BCUT2D eigenvalue weighted by molar-refractivity contribution is 6.04. The van der Waals surface area contributed by atoms with E-state index in [2.05, 4.69) is 5.32 Å². The first kappa shape index (κ1) is 12.1. The number of amides is 1. The number of anilines is 1. The Labute approximate surface area is 104 Å².